The molecule has 7 heteroatoms. The number of nitrogens with zero attached hydrogens (tertiary/aromatic N) is 4. The summed E-state index contributed by atoms with van der Waals surface area (Å²) in [6.07, 6.45) is 0. The second kappa shape index (κ2) is 8.05. The summed E-state index contributed by atoms with van der Waals surface area (Å²) in [5, 5.41) is 8.40. The molecule has 0 fully saturated rings. The van der Waals surface area contributed by atoms with E-state index in [9.17, 15) is 4.79 Å². The molecule has 0 saturated carbocycles. The number of urea groups is 1. The quantitative estimate of drug-likeness (QED) is 0.518. The number of hydrogen-bond acceptors (Lipinski definition) is 4. The van der Waals surface area contributed by atoms with Crippen molar-refractivity contribution >= 4 is 33.3 Å². The van der Waals surface area contributed by atoms with Gasteiger partial charge in [0.05, 0.1) is 29.0 Å². The van der Waals surface area contributed by atoms with Crippen LogP contribution in [0.15, 0.2) is 54.6 Å². The van der Waals surface area contributed by atoms with E-state index in [0.717, 1.165) is 37.9 Å². The summed E-state index contributed by atoms with van der Waals surface area (Å²) < 4.78 is 3.10. The average Bonchev–Trinajstić information content (AvgIpc) is 3.23. The van der Waals surface area contributed by atoms with Crippen molar-refractivity contribution in [2.45, 2.75) is 26.9 Å². The number of thiazole rings is 1. The molecule has 6 nitrogen and oxygen atoms in total. The van der Waals surface area contributed by atoms with Crippen molar-refractivity contribution in [3.63, 3.8) is 0 Å². The van der Waals surface area contributed by atoms with Crippen LogP contribution in [0.1, 0.15) is 22.0 Å². The standard InChI is InChI=1S/C22H23N5OS/c1-15-11-16(2)27(25-15)13-17-7-6-8-18(12-17)23-22(28)26(3)14-21-24-19-9-4-5-10-20(19)29-21/h4-12H,13-14H2,1-3H3,(H,23,28). The average molecular weight is 406 g/mol. The highest BCUT2D eigenvalue weighted by Gasteiger charge is 2.13. The van der Waals surface area contributed by atoms with Gasteiger partial charge in [0.1, 0.15) is 5.01 Å². The first-order valence-electron chi connectivity index (χ1n) is 9.44. The van der Waals surface area contributed by atoms with Crippen LogP contribution in [0.5, 0.6) is 0 Å². The monoisotopic (exact) mass is 405 g/mol. The molecule has 148 valence electrons. The number of rotatable bonds is 5. The number of nitrogens with one attached hydrogen (secondary N) is 1. The second-order valence-electron chi connectivity index (χ2n) is 7.15. The lowest BCUT2D eigenvalue weighted by molar-refractivity contribution is 0.220. The molecule has 0 aliphatic rings. The van der Waals surface area contributed by atoms with Gasteiger partial charge in [0.15, 0.2) is 0 Å². The normalized spacial score (nSPS) is 11.0. The predicted molar refractivity (Wildman–Crippen MR) is 117 cm³/mol. The molecule has 0 radical (unpaired) electrons. The third-order valence-electron chi connectivity index (χ3n) is 4.67. The molecule has 2 heterocycles. The van der Waals surface area contributed by atoms with Crippen molar-refractivity contribution in [3.8, 4) is 0 Å². The largest absolute Gasteiger partial charge is 0.321 e. The van der Waals surface area contributed by atoms with Gasteiger partial charge in [-0.2, -0.15) is 5.10 Å². The zero-order chi connectivity index (χ0) is 20.4. The lowest BCUT2D eigenvalue weighted by Gasteiger charge is -2.17. The first-order valence-corrected chi connectivity index (χ1v) is 10.3. The van der Waals surface area contributed by atoms with Crippen molar-refractivity contribution in [1.82, 2.24) is 19.7 Å². The fourth-order valence-corrected chi connectivity index (χ4v) is 4.26. The molecule has 0 aliphatic carbocycles. The van der Waals surface area contributed by atoms with Crippen molar-refractivity contribution in [2.75, 3.05) is 12.4 Å². The summed E-state index contributed by atoms with van der Waals surface area (Å²) in [6, 6.07) is 17.8. The zero-order valence-corrected chi connectivity index (χ0v) is 17.5. The minimum Gasteiger partial charge on any atom is -0.321 e. The molecule has 0 spiro atoms. The molecule has 0 unspecified atom stereocenters. The molecule has 2 amide bonds. The van der Waals surface area contributed by atoms with Gasteiger partial charge in [0.2, 0.25) is 0 Å². The van der Waals surface area contributed by atoms with Crippen LogP contribution in [0.4, 0.5) is 10.5 Å². The molecule has 2 aromatic carbocycles. The highest BCUT2D eigenvalue weighted by Crippen LogP contribution is 2.22. The molecule has 0 bridgehead atoms. The highest BCUT2D eigenvalue weighted by atomic mass is 32.1. The maximum Gasteiger partial charge on any atom is 0.321 e. The number of amides is 2. The van der Waals surface area contributed by atoms with Gasteiger partial charge in [0, 0.05) is 18.4 Å². The number of aryl methyl sites for hydroxylation is 2. The van der Waals surface area contributed by atoms with Crippen molar-refractivity contribution < 1.29 is 4.79 Å². The molecule has 0 saturated heterocycles. The Morgan fingerprint density at radius 3 is 2.72 bits per heavy atom. The van der Waals surface area contributed by atoms with Crippen LogP contribution >= 0.6 is 11.3 Å². The molecule has 4 rings (SSSR count). The Bertz CT molecular complexity index is 1130. The van der Waals surface area contributed by atoms with Gasteiger partial charge in [0.25, 0.3) is 0 Å². The first-order chi connectivity index (χ1) is 14.0. The maximum absolute atomic E-state index is 12.6. The van der Waals surface area contributed by atoms with Crippen LogP contribution in [0.25, 0.3) is 10.2 Å². The van der Waals surface area contributed by atoms with E-state index in [-0.39, 0.29) is 6.03 Å². The minimum absolute atomic E-state index is 0.160. The van der Waals surface area contributed by atoms with E-state index in [0.29, 0.717) is 13.1 Å². The van der Waals surface area contributed by atoms with Crippen molar-refractivity contribution in [2.24, 2.45) is 0 Å². The third kappa shape index (κ3) is 4.46. The summed E-state index contributed by atoms with van der Waals surface area (Å²) in [4.78, 5) is 18.9. The first kappa shape index (κ1) is 19.1. The van der Waals surface area contributed by atoms with E-state index in [1.807, 2.05) is 67.1 Å². The number of benzene rings is 2. The lowest BCUT2D eigenvalue weighted by Crippen LogP contribution is -2.30. The van der Waals surface area contributed by atoms with E-state index >= 15 is 0 Å². The summed E-state index contributed by atoms with van der Waals surface area (Å²) in [7, 11) is 1.78. The minimum atomic E-state index is -0.160. The van der Waals surface area contributed by atoms with Crippen LogP contribution < -0.4 is 5.32 Å². The number of anilines is 1. The van der Waals surface area contributed by atoms with E-state index < -0.39 is 0 Å². The Morgan fingerprint density at radius 2 is 1.97 bits per heavy atom. The van der Waals surface area contributed by atoms with Gasteiger partial charge in [-0.3, -0.25) is 4.68 Å². The number of hydrogen-bond donors (Lipinski definition) is 1. The van der Waals surface area contributed by atoms with E-state index in [4.69, 9.17) is 0 Å². The fraction of sp³-hybridized carbons (Fsp3) is 0.227. The Balaban J connectivity index is 1.41. The summed E-state index contributed by atoms with van der Waals surface area (Å²) in [5.41, 5.74) is 4.95. The van der Waals surface area contributed by atoms with E-state index in [2.05, 4.69) is 21.5 Å². The molecule has 0 aliphatic heterocycles. The smallest absolute Gasteiger partial charge is 0.321 e. The topological polar surface area (TPSA) is 63.1 Å². The Morgan fingerprint density at radius 1 is 1.14 bits per heavy atom. The number of aromatic nitrogens is 3. The van der Waals surface area contributed by atoms with Crippen LogP contribution in [0.2, 0.25) is 0 Å². The molecular weight excluding hydrogens is 382 g/mol. The number of carbonyl (C=O) groups excluding carboxylic acids is 1. The van der Waals surface area contributed by atoms with Crippen LogP contribution in [-0.4, -0.2) is 32.7 Å². The maximum atomic E-state index is 12.6. The molecule has 29 heavy (non-hydrogen) atoms. The highest BCUT2D eigenvalue weighted by molar-refractivity contribution is 7.18. The van der Waals surface area contributed by atoms with Gasteiger partial charge >= 0.3 is 6.03 Å². The number of carbonyl (C=O) groups is 1. The van der Waals surface area contributed by atoms with Crippen LogP contribution in [0.3, 0.4) is 0 Å². The molecule has 4 aromatic rings. The van der Waals surface area contributed by atoms with Gasteiger partial charge < -0.3 is 10.2 Å². The molecular formula is C22H23N5OS. The number of para-hydroxylation sites is 1. The number of fused-ring (bicyclic) bond motifs is 1. The third-order valence-corrected chi connectivity index (χ3v) is 5.69. The Hall–Kier alpha value is -3.19. The Kier molecular flexibility index (Phi) is 5.31. The van der Waals surface area contributed by atoms with Gasteiger partial charge in [-0.25, -0.2) is 9.78 Å². The van der Waals surface area contributed by atoms with Gasteiger partial charge in [-0.05, 0) is 49.7 Å². The SMILES string of the molecule is Cc1cc(C)n(Cc2cccc(NC(=O)N(C)Cc3nc4ccccc4s3)c2)n1. The zero-order valence-electron chi connectivity index (χ0n) is 16.7. The summed E-state index contributed by atoms with van der Waals surface area (Å²) in [6.45, 7) is 5.17. The fourth-order valence-electron chi connectivity index (χ4n) is 3.24. The van der Waals surface area contributed by atoms with Gasteiger partial charge in [-0.15, -0.1) is 11.3 Å². The molecule has 0 atom stereocenters. The van der Waals surface area contributed by atoms with Crippen molar-refractivity contribution in [3.05, 3.63) is 76.6 Å². The summed E-state index contributed by atoms with van der Waals surface area (Å²) in [5.74, 6) is 0. The second-order valence-corrected chi connectivity index (χ2v) is 8.26. The van der Waals surface area contributed by atoms with Crippen LogP contribution in [-0.2, 0) is 13.1 Å². The van der Waals surface area contributed by atoms with Crippen LogP contribution in [0, 0.1) is 13.8 Å². The van der Waals surface area contributed by atoms with E-state index in [1.165, 1.54) is 0 Å². The molecule has 2 aromatic heterocycles. The summed E-state index contributed by atoms with van der Waals surface area (Å²) >= 11 is 1.61. The Labute approximate surface area is 173 Å². The van der Waals surface area contributed by atoms with Gasteiger partial charge in [-0.1, -0.05) is 24.3 Å². The predicted octanol–water partition coefficient (Wildman–Crippen LogP) is 4.82. The lowest BCUT2D eigenvalue weighted by atomic mass is 10.2. The van der Waals surface area contributed by atoms with E-state index in [1.54, 1.807) is 23.3 Å². The molecule has 1 N–H and O–H groups in total. The van der Waals surface area contributed by atoms with Crippen molar-refractivity contribution in [1.29, 1.82) is 0 Å².